The van der Waals surface area contributed by atoms with E-state index in [-0.39, 0.29) is 11.5 Å². The molecule has 0 radical (unpaired) electrons. The molecule has 3 aromatic heterocycles. The monoisotopic (exact) mass is 436 g/mol. The molecule has 0 N–H and O–H groups in total. The second kappa shape index (κ2) is 6.80. The lowest BCUT2D eigenvalue weighted by molar-refractivity contribution is -0.178. The highest BCUT2D eigenvalue weighted by Crippen LogP contribution is 2.42. The van der Waals surface area contributed by atoms with Crippen molar-refractivity contribution in [3.8, 4) is 17.0 Å². The molecule has 3 fully saturated rings. The quantitative estimate of drug-likeness (QED) is 0.612. The van der Waals surface area contributed by atoms with Gasteiger partial charge in [0.05, 0.1) is 32.1 Å². The number of carbonyl (C=O) groups excluding carboxylic acids is 1. The van der Waals surface area contributed by atoms with Crippen LogP contribution in [0.5, 0.6) is 5.88 Å². The second-order valence-electron chi connectivity index (χ2n) is 9.20. The van der Waals surface area contributed by atoms with Crippen LogP contribution in [0.25, 0.3) is 16.8 Å². The molecule has 166 valence electrons. The number of hydrogen-bond acceptors (Lipinski definition) is 8. The topological polar surface area (TPSA) is 94.3 Å². The van der Waals surface area contributed by atoms with E-state index >= 15 is 0 Å². The van der Waals surface area contributed by atoms with E-state index in [1.165, 1.54) is 0 Å². The van der Waals surface area contributed by atoms with Crippen molar-refractivity contribution in [2.45, 2.75) is 12.5 Å². The van der Waals surface area contributed by atoms with E-state index in [1.807, 2.05) is 31.3 Å². The summed E-state index contributed by atoms with van der Waals surface area (Å²) in [4.78, 5) is 25.5. The molecule has 1 spiro atoms. The summed E-state index contributed by atoms with van der Waals surface area (Å²) >= 11 is 0. The number of hydrogen-bond donors (Lipinski definition) is 0. The third-order valence-corrected chi connectivity index (χ3v) is 6.44. The zero-order valence-electron chi connectivity index (χ0n) is 18.0. The molecule has 3 aromatic rings. The normalized spacial score (nSPS) is 20.4. The van der Waals surface area contributed by atoms with Gasteiger partial charge in [0.2, 0.25) is 5.88 Å². The number of amides is 1. The molecule has 32 heavy (non-hydrogen) atoms. The molecule has 0 atom stereocenters. The predicted molar refractivity (Wildman–Crippen MR) is 115 cm³/mol. The summed E-state index contributed by atoms with van der Waals surface area (Å²) in [5.74, 6) is 1.44. The second-order valence-corrected chi connectivity index (χ2v) is 9.20. The third-order valence-electron chi connectivity index (χ3n) is 6.44. The largest absolute Gasteiger partial charge is 0.481 e. The van der Waals surface area contributed by atoms with Crippen LogP contribution < -0.4 is 9.64 Å². The van der Waals surface area contributed by atoms with Crippen LogP contribution in [0.1, 0.15) is 6.92 Å². The Labute approximate surface area is 184 Å². The molecule has 0 aromatic carbocycles. The highest BCUT2D eigenvalue weighted by molar-refractivity contribution is 5.80. The van der Waals surface area contributed by atoms with Crippen molar-refractivity contribution in [2.24, 2.45) is 5.41 Å². The lowest BCUT2D eigenvalue weighted by Crippen LogP contribution is -2.73. The summed E-state index contributed by atoms with van der Waals surface area (Å²) < 4.78 is 17.9. The van der Waals surface area contributed by atoms with E-state index in [0.29, 0.717) is 32.2 Å². The van der Waals surface area contributed by atoms with Crippen molar-refractivity contribution in [2.75, 3.05) is 51.4 Å². The molecule has 0 bridgehead atoms. The fourth-order valence-corrected chi connectivity index (χ4v) is 4.73. The molecule has 0 saturated carbocycles. The van der Waals surface area contributed by atoms with E-state index in [9.17, 15) is 4.79 Å². The van der Waals surface area contributed by atoms with Crippen LogP contribution in [0.2, 0.25) is 0 Å². The van der Waals surface area contributed by atoms with Gasteiger partial charge in [-0.1, -0.05) is 0 Å². The number of aromatic nitrogens is 4. The lowest BCUT2D eigenvalue weighted by atomic mass is 9.73. The van der Waals surface area contributed by atoms with Crippen molar-refractivity contribution in [3.63, 3.8) is 0 Å². The molecule has 3 aliphatic rings. The number of nitrogens with zero attached hydrogens (tertiary/aromatic N) is 6. The molecular weight excluding hydrogens is 412 g/mol. The summed E-state index contributed by atoms with van der Waals surface area (Å²) in [6.45, 7) is 6.00. The molecule has 6 heterocycles. The molecule has 10 heteroatoms. The number of anilines is 1. The maximum absolute atomic E-state index is 12.4. The van der Waals surface area contributed by atoms with Gasteiger partial charge in [0.25, 0.3) is 0 Å². The number of pyridine rings is 1. The van der Waals surface area contributed by atoms with Gasteiger partial charge in [0.15, 0.2) is 11.2 Å². The summed E-state index contributed by atoms with van der Waals surface area (Å²) in [5.41, 5.74) is 2.14. The minimum Gasteiger partial charge on any atom is -0.481 e. The Morgan fingerprint density at radius 2 is 1.97 bits per heavy atom. The number of likely N-dealkylation sites (tertiary alicyclic amines) is 1. The minimum atomic E-state index is -0.468. The third kappa shape index (κ3) is 2.97. The van der Waals surface area contributed by atoms with Crippen LogP contribution in [-0.4, -0.2) is 82.7 Å². The van der Waals surface area contributed by atoms with Crippen molar-refractivity contribution in [1.29, 1.82) is 0 Å². The van der Waals surface area contributed by atoms with E-state index in [1.54, 1.807) is 28.9 Å². The zero-order valence-corrected chi connectivity index (χ0v) is 18.0. The van der Waals surface area contributed by atoms with Gasteiger partial charge in [-0.05, 0) is 25.1 Å². The minimum absolute atomic E-state index is 0.124. The van der Waals surface area contributed by atoms with Gasteiger partial charge >= 0.3 is 6.09 Å². The summed E-state index contributed by atoms with van der Waals surface area (Å²) in [6, 6.07) is 5.80. The molecule has 3 aliphatic heterocycles. The van der Waals surface area contributed by atoms with Gasteiger partial charge in [-0.2, -0.15) is 5.10 Å². The number of fused-ring (bicyclic) bond motifs is 1. The number of methoxy groups -OCH3 is 1. The molecule has 6 rings (SSSR count). The van der Waals surface area contributed by atoms with E-state index in [4.69, 9.17) is 19.2 Å². The van der Waals surface area contributed by atoms with Crippen LogP contribution in [-0.2, 0) is 9.47 Å². The zero-order chi connectivity index (χ0) is 21.9. The van der Waals surface area contributed by atoms with Crippen LogP contribution >= 0.6 is 0 Å². The smallest absolute Gasteiger partial charge is 0.410 e. The number of carbonyl (C=O) groups is 1. The fraction of sp³-hybridized carbons (Fsp3) is 0.455. The van der Waals surface area contributed by atoms with Crippen LogP contribution in [0.4, 0.5) is 10.6 Å². The van der Waals surface area contributed by atoms with Gasteiger partial charge in [0, 0.05) is 49.6 Å². The Bertz CT molecular complexity index is 1190. The van der Waals surface area contributed by atoms with E-state index in [0.717, 1.165) is 35.7 Å². The molecule has 10 nitrogen and oxygen atoms in total. The Kier molecular flexibility index (Phi) is 4.10. The van der Waals surface area contributed by atoms with Gasteiger partial charge in [-0.25, -0.2) is 19.3 Å². The molecular formula is C22H24N6O4. The van der Waals surface area contributed by atoms with Gasteiger partial charge in [-0.3, -0.25) is 0 Å². The Balaban J connectivity index is 1.15. The summed E-state index contributed by atoms with van der Waals surface area (Å²) in [5, 5.41) is 4.43. The lowest BCUT2D eigenvalue weighted by Gasteiger charge is -2.60. The van der Waals surface area contributed by atoms with Crippen LogP contribution in [0.3, 0.4) is 0 Å². The van der Waals surface area contributed by atoms with Gasteiger partial charge < -0.3 is 24.0 Å². The standard InChI is InChI=1S/C22H24N6O4/c1-21(13-31-14-21)32-20(29)27-11-22(12-27)9-26(10-22)17-5-7-28-18(25-17)16(8-24-28)15-4-3-6-23-19(15)30-2/h3-8H,9-14H2,1-2H3. The Morgan fingerprint density at radius 1 is 1.16 bits per heavy atom. The number of rotatable bonds is 4. The van der Waals surface area contributed by atoms with Gasteiger partial charge in [0.1, 0.15) is 5.82 Å². The van der Waals surface area contributed by atoms with Crippen molar-refractivity contribution in [1.82, 2.24) is 24.5 Å². The summed E-state index contributed by atoms with van der Waals surface area (Å²) in [6.07, 6.45) is 5.16. The van der Waals surface area contributed by atoms with E-state index < -0.39 is 5.60 Å². The Hall–Kier alpha value is -3.40. The Morgan fingerprint density at radius 3 is 2.69 bits per heavy atom. The van der Waals surface area contributed by atoms with Crippen molar-refractivity contribution < 1.29 is 19.0 Å². The molecule has 0 unspecified atom stereocenters. The first-order valence-corrected chi connectivity index (χ1v) is 10.6. The molecule has 1 amide bonds. The van der Waals surface area contributed by atoms with Crippen LogP contribution in [0.15, 0.2) is 36.8 Å². The average molecular weight is 436 g/mol. The average Bonchev–Trinajstić information content (AvgIpc) is 3.13. The fourth-order valence-electron chi connectivity index (χ4n) is 4.73. The predicted octanol–water partition coefficient (Wildman–Crippen LogP) is 1.85. The summed E-state index contributed by atoms with van der Waals surface area (Å²) in [7, 11) is 1.61. The SMILES string of the molecule is COc1ncccc1-c1cnn2ccc(N3CC4(CN(C(=O)OC5(C)COC5)C4)C3)nc12. The van der Waals surface area contributed by atoms with E-state index in [2.05, 4.69) is 15.0 Å². The van der Waals surface area contributed by atoms with Gasteiger partial charge in [-0.15, -0.1) is 0 Å². The van der Waals surface area contributed by atoms with Crippen molar-refractivity contribution in [3.05, 3.63) is 36.8 Å². The highest BCUT2D eigenvalue weighted by Gasteiger charge is 2.55. The molecule has 0 aliphatic carbocycles. The molecule has 3 saturated heterocycles. The van der Waals surface area contributed by atoms with Crippen LogP contribution in [0, 0.1) is 5.41 Å². The van der Waals surface area contributed by atoms with Crippen molar-refractivity contribution >= 4 is 17.6 Å². The maximum Gasteiger partial charge on any atom is 0.410 e. The number of ether oxygens (including phenoxy) is 3. The highest BCUT2D eigenvalue weighted by atomic mass is 16.6. The maximum atomic E-state index is 12.4. The first kappa shape index (κ1) is 19.3. The first-order valence-electron chi connectivity index (χ1n) is 10.6. The first-order chi connectivity index (χ1) is 15.5.